The number of alkyl halides is 3. The van der Waals surface area contributed by atoms with Crippen LogP contribution in [0.4, 0.5) is 13.2 Å². The Morgan fingerprint density at radius 3 is 2.18 bits per heavy atom. The molecule has 0 radical (unpaired) electrons. The number of carbonyl (C=O) groups is 1. The van der Waals surface area contributed by atoms with Crippen LogP contribution in [0, 0.1) is 6.92 Å². The standard InChI is InChI=1S/C25H25F3O5/c1-16-18(15-22(32-16)17-6-8-19(9-7-17)25(26,27)28)5-4-14-31-20-10-12-21(13-11-20)33-24(2,3)23(29)30/h6-13,15H,4-5,14H2,1-3H3,(H,29,30). The lowest BCUT2D eigenvalue weighted by molar-refractivity contribution is -0.152. The van der Waals surface area contributed by atoms with E-state index in [4.69, 9.17) is 19.0 Å². The molecule has 0 fully saturated rings. The van der Waals surface area contributed by atoms with Crippen LogP contribution in [0.15, 0.2) is 59.0 Å². The molecule has 0 atom stereocenters. The Labute approximate surface area is 189 Å². The quantitative estimate of drug-likeness (QED) is 0.366. The molecule has 176 valence electrons. The lowest BCUT2D eigenvalue weighted by Gasteiger charge is -2.21. The van der Waals surface area contributed by atoms with E-state index in [1.165, 1.54) is 26.0 Å². The normalized spacial score (nSPS) is 11.9. The maximum Gasteiger partial charge on any atom is 0.416 e. The first-order chi connectivity index (χ1) is 15.5. The van der Waals surface area contributed by atoms with E-state index in [1.54, 1.807) is 24.3 Å². The largest absolute Gasteiger partial charge is 0.494 e. The van der Waals surface area contributed by atoms with Gasteiger partial charge in [-0.25, -0.2) is 4.79 Å². The Kier molecular flexibility index (Phi) is 7.05. The van der Waals surface area contributed by atoms with Crippen molar-refractivity contribution in [1.29, 1.82) is 0 Å². The topological polar surface area (TPSA) is 68.9 Å². The van der Waals surface area contributed by atoms with E-state index in [2.05, 4.69) is 0 Å². The molecule has 0 saturated carbocycles. The summed E-state index contributed by atoms with van der Waals surface area (Å²) in [7, 11) is 0. The van der Waals surface area contributed by atoms with Crippen LogP contribution in [0.3, 0.4) is 0 Å². The highest BCUT2D eigenvalue weighted by Crippen LogP contribution is 2.32. The van der Waals surface area contributed by atoms with Gasteiger partial charge in [-0.3, -0.25) is 0 Å². The molecule has 1 N–H and O–H groups in total. The summed E-state index contributed by atoms with van der Waals surface area (Å²) < 4.78 is 55.1. The smallest absolute Gasteiger partial charge is 0.416 e. The maximum atomic E-state index is 12.7. The molecule has 0 saturated heterocycles. The number of ether oxygens (including phenoxy) is 2. The number of benzene rings is 2. The van der Waals surface area contributed by atoms with Gasteiger partial charge in [0.25, 0.3) is 0 Å². The Hall–Kier alpha value is -3.42. The number of aryl methyl sites for hydroxylation is 2. The van der Waals surface area contributed by atoms with E-state index >= 15 is 0 Å². The predicted molar refractivity (Wildman–Crippen MR) is 116 cm³/mol. The molecule has 0 amide bonds. The van der Waals surface area contributed by atoms with Crippen molar-refractivity contribution in [3.63, 3.8) is 0 Å². The average Bonchev–Trinajstić information content (AvgIpc) is 3.12. The molecule has 0 unspecified atom stereocenters. The summed E-state index contributed by atoms with van der Waals surface area (Å²) in [6, 6.07) is 13.4. The lowest BCUT2D eigenvalue weighted by atomic mass is 10.1. The van der Waals surface area contributed by atoms with Crippen molar-refractivity contribution < 1.29 is 37.0 Å². The highest BCUT2D eigenvalue weighted by molar-refractivity contribution is 5.76. The van der Waals surface area contributed by atoms with E-state index in [0.717, 1.165) is 17.7 Å². The maximum absolute atomic E-state index is 12.7. The minimum atomic E-state index is -4.37. The van der Waals surface area contributed by atoms with Crippen LogP contribution in [0.1, 0.15) is 37.2 Å². The molecule has 0 bridgehead atoms. The van der Waals surface area contributed by atoms with Gasteiger partial charge in [0.1, 0.15) is 23.0 Å². The van der Waals surface area contributed by atoms with Crippen molar-refractivity contribution in [2.24, 2.45) is 0 Å². The summed E-state index contributed by atoms with van der Waals surface area (Å²) in [4.78, 5) is 11.1. The van der Waals surface area contributed by atoms with Crippen LogP contribution in [-0.4, -0.2) is 23.3 Å². The minimum absolute atomic E-state index is 0.430. The zero-order valence-electron chi connectivity index (χ0n) is 18.5. The molecule has 0 aliphatic heterocycles. The van der Waals surface area contributed by atoms with Gasteiger partial charge in [-0.2, -0.15) is 13.2 Å². The monoisotopic (exact) mass is 462 g/mol. The molecular formula is C25H25F3O5. The van der Waals surface area contributed by atoms with E-state index in [1.807, 2.05) is 13.0 Å². The molecule has 0 spiro atoms. The number of rotatable bonds is 9. The minimum Gasteiger partial charge on any atom is -0.494 e. The third-order valence-electron chi connectivity index (χ3n) is 5.09. The van der Waals surface area contributed by atoms with Crippen LogP contribution in [-0.2, 0) is 17.4 Å². The second-order valence-electron chi connectivity index (χ2n) is 8.11. The predicted octanol–water partition coefficient (Wildman–Crippen LogP) is 6.53. The number of carboxylic acids is 1. The molecule has 2 aromatic carbocycles. The number of carboxylic acid groups (broad SMARTS) is 1. The number of furan rings is 1. The van der Waals surface area contributed by atoms with Gasteiger partial charge < -0.3 is 19.0 Å². The average molecular weight is 462 g/mol. The van der Waals surface area contributed by atoms with Crippen molar-refractivity contribution in [1.82, 2.24) is 0 Å². The molecule has 3 rings (SSSR count). The fourth-order valence-corrected chi connectivity index (χ4v) is 3.13. The van der Waals surface area contributed by atoms with E-state index < -0.39 is 23.3 Å². The van der Waals surface area contributed by atoms with Crippen molar-refractivity contribution in [3.05, 3.63) is 71.5 Å². The first kappa shape index (κ1) is 24.2. The molecule has 8 heteroatoms. The molecular weight excluding hydrogens is 437 g/mol. The lowest BCUT2D eigenvalue weighted by Crippen LogP contribution is -2.37. The molecule has 1 heterocycles. The van der Waals surface area contributed by atoms with Gasteiger partial charge in [-0.15, -0.1) is 0 Å². The van der Waals surface area contributed by atoms with Gasteiger partial charge >= 0.3 is 12.1 Å². The Morgan fingerprint density at radius 2 is 1.61 bits per heavy atom. The molecule has 3 aromatic rings. The van der Waals surface area contributed by atoms with E-state index in [9.17, 15) is 18.0 Å². The van der Waals surface area contributed by atoms with E-state index in [0.29, 0.717) is 48.0 Å². The van der Waals surface area contributed by atoms with Gasteiger partial charge in [0, 0.05) is 5.56 Å². The molecule has 1 aromatic heterocycles. The number of halogens is 3. The highest BCUT2D eigenvalue weighted by atomic mass is 19.4. The highest BCUT2D eigenvalue weighted by Gasteiger charge is 2.30. The summed E-state index contributed by atoms with van der Waals surface area (Å²) in [6.45, 7) is 5.21. The fraction of sp³-hybridized carbons (Fsp3) is 0.320. The van der Waals surface area contributed by atoms with Crippen molar-refractivity contribution >= 4 is 5.97 Å². The Balaban J connectivity index is 1.51. The molecule has 0 aliphatic carbocycles. The summed E-state index contributed by atoms with van der Waals surface area (Å²) in [5, 5.41) is 9.12. The Bertz CT molecular complexity index is 1080. The van der Waals surface area contributed by atoms with Crippen LogP contribution < -0.4 is 9.47 Å². The van der Waals surface area contributed by atoms with Gasteiger partial charge in [-0.1, -0.05) is 12.1 Å². The zero-order chi connectivity index (χ0) is 24.2. The number of hydrogen-bond donors (Lipinski definition) is 1. The van der Waals surface area contributed by atoms with E-state index in [-0.39, 0.29) is 0 Å². The molecule has 5 nitrogen and oxygen atoms in total. The molecule has 0 aliphatic rings. The van der Waals surface area contributed by atoms with Crippen molar-refractivity contribution in [2.45, 2.75) is 45.4 Å². The second-order valence-corrected chi connectivity index (χ2v) is 8.11. The zero-order valence-corrected chi connectivity index (χ0v) is 18.5. The van der Waals surface area contributed by atoms with Crippen LogP contribution >= 0.6 is 0 Å². The third kappa shape index (κ3) is 6.31. The van der Waals surface area contributed by atoms with Crippen LogP contribution in [0.2, 0.25) is 0 Å². The summed E-state index contributed by atoms with van der Waals surface area (Å²) in [5.41, 5.74) is -0.475. The van der Waals surface area contributed by atoms with Gasteiger partial charge in [0.05, 0.1) is 12.2 Å². The fourth-order valence-electron chi connectivity index (χ4n) is 3.13. The SMILES string of the molecule is Cc1oc(-c2ccc(C(F)(F)F)cc2)cc1CCCOc1ccc(OC(C)(C)C(=O)O)cc1. The Morgan fingerprint density at radius 1 is 1.00 bits per heavy atom. The summed E-state index contributed by atoms with van der Waals surface area (Å²) in [6.07, 6.45) is -2.98. The number of hydrogen-bond acceptors (Lipinski definition) is 4. The second kappa shape index (κ2) is 9.60. The van der Waals surface area contributed by atoms with Crippen molar-refractivity contribution in [3.8, 4) is 22.8 Å². The molecule has 33 heavy (non-hydrogen) atoms. The van der Waals surface area contributed by atoms with Gasteiger partial charge in [-0.05, 0) is 81.6 Å². The number of aliphatic carboxylic acids is 1. The summed E-state index contributed by atoms with van der Waals surface area (Å²) >= 11 is 0. The van der Waals surface area contributed by atoms with Crippen LogP contribution in [0.5, 0.6) is 11.5 Å². The first-order valence-corrected chi connectivity index (χ1v) is 10.4. The van der Waals surface area contributed by atoms with Crippen molar-refractivity contribution in [2.75, 3.05) is 6.61 Å². The summed E-state index contributed by atoms with van der Waals surface area (Å²) in [5.74, 6) is 1.24. The van der Waals surface area contributed by atoms with Gasteiger partial charge in [0.2, 0.25) is 0 Å². The van der Waals surface area contributed by atoms with Crippen LogP contribution in [0.25, 0.3) is 11.3 Å². The first-order valence-electron chi connectivity index (χ1n) is 10.4. The third-order valence-corrected chi connectivity index (χ3v) is 5.09. The van der Waals surface area contributed by atoms with Gasteiger partial charge in [0.15, 0.2) is 5.60 Å².